The predicted molar refractivity (Wildman–Crippen MR) is 103 cm³/mol. The predicted octanol–water partition coefficient (Wildman–Crippen LogP) is 3.29. The summed E-state index contributed by atoms with van der Waals surface area (Å²) in [5.74, 6) is 0.218. The van der Waals surface area contributed by atoms with E-state index in [1.54, 1.807) is 0 Å². The lowest BCUT2D eigenvalue weighted by molar-refractivity contribution is -0.140. The molecule has 0 aliphatic carbocycles. The fraction of sp³-hybridized carbons (Fsp3) is 0.750. The average Bonchev–Trinajstić information content (AvgIpc) is 3.04. The number of aliphatic hydroxyl groups excluding tert-OH is 1. The third-order valence-corrected chi connectivity index (χ3v) is 6.86. The lowest BCUT2D eigenvalue weighted by atomic mass is 9.73. The van der Waals surface area contributed by atoms with Crippen LogP contribution >= 0.6 is 11.3 Å². The van der Waals surface area contributed by atoms with Crippen molar-refractivity contribution in [3.8, 4) is 0 Å². The number of likely N-dealkylation sites (tertiary alicyclic amines) is 2. The van der Waals surface area contributed by atoms with Crippen molar-refractivity contribution in [2.45, 2.75) is 58.4 Å². The van der Waals surface area contributed by atoms with Gasteiger partial charge in [0.2, 0.25) is 5.91 Å². The van der Waals surface area contributed by atoms with Crippen LogP contribution in [0.1, 0.15) is 55.2 Å². The maximum Gasteiger partial charge on any atom is 0.222 e. The second-order valence-corrected chi connectivity index (χ2v) is 9.08. The van der Waals surface area contributed by atoms with Gasteiger partial charge < -0.3 is 10.0 Å². The van der Waals surface area contributed by atoms with Crippen molar-refractivity contribution < 1.29 is 9.90 Å². The first-order chi connectivity index (χ1) is 12.1. The maximum atomic E-state index is 12.1. The molecule has 2 saturated heterocycles. The van der Waals surface area contributed by atoms with Crippen molar-refractivity contribution in [2.24, 2.45) is 5.41 Å². The highest BCUT2D eigenvalue weighted by Crippen LogP contribution is 2.39. The van der Waals surface area contributed by atoms with Crippen molar-refractivity contribution in [1.29, 1.82) is 0 Å². The van der Waals surface area contributed by atoms with E-state index in [0.717, 1.165) is 32.6 Å². The van der Waals surface area contributed by atoms with Gasteiger partial charge in [0, 0.05) is 47.8 Å². The number of amides is 1. The van der Waals surface area contributed by atoms with Crippen LogP contribution in [0.4, 0.5) is 0 Å². The third-order valence-electron chi connectivity index (χ3n) is 5.73. The number of piperidine rings is 2. The van der Waals surface area contributed by atoms with E-state index >= 15 is 0 Å². The quantitative estimate of drug-likeness (QED) is 0.807. The Hall–Kier alpha value is -0.910. The van der Waals surface area contributed by atoms with Gasteiger partial charge in [-0.15, -0.1) is 11.3 Å². The topological polar surface area (TPSA) is 43.8 Å². The van der Waals surface area contributed by atoms with E-state index in [0.29, 0.717) is 13.0 Å². The summed E-state index contributed by atoms with van der Waals surface area (Å²) >= 11 is 1.97. The summed E-state index contributed by atoms with van der Waals surface area (Å²) in [6.07, 6.45) is 7.83. The molecule has 3 heterocycles. The molecule has 3 rings (SSSR count). The number of carbonyl (C=O) groups excluding carboxylic acids is 1. The Kier molecular flexibility index (Phi) is 6.53. The van der Waals surface area contributed by atoms with Gasteiger partial charge in [-0.2, -0.15) is 0 Å². The standard InChI is InChI=1S/C20H32N2O2S/c1-2-3-5-17-6-7-18(25-17)14-21-11-4-9-20(15-21)10-8-19(24)22(16-20)12-13-23/h6-7,23H,2-5,8-16H2,1H3. The van der Waals surface area contributed by atoms with Crippen LogP contribution in [-0.4, -0.2) is 53.6 Å². The molecule has 1 aromatic heterocycles. The van der Waals surface area contributed by atoms with Crippen molar-refractivity contribution in [3.05, 3.63) is 21.9 Å². The number of β-amino-alcohol motifs (C(OH)–C–C–N with tert-alkyl or cyclic N) is 1. The number of carbonyl (C=O) groups is 1. The summed E-state index contributed by atoms with van der Waals surface area (Å²) in [5, 5.41) is 9.23. The van der Waals surface area contributed by atoms with Gasteiger partial charge in [-0.1, -0.05) is 13.3 Å². The summed E-state index contributed by atoms with van der Waals surface area (Å²) in [6, 6.07) is 4.61. The first-order valence-electron chi connectivity index (χ1n) is 9.83. The minimum atomic E-state index is 0.0707. The van der Waals surface area contributed by atoms with E-state index in [2.05, 4.69) is 24.0 Å². The first kappa shape index (κ1) is 18.9. The van der Waals surface area contributed by atoms with E-state index < -0.39 is 0 Å². The van der Waals surface area contributed by atoms with E-state index in [1.165, 1.54) is 41.9 Å². The number of rotatable bonds is 7. The molecule has 1 amide bonds. The second kappa shape index (κ2) is 8.65. The van der Waals surface area contributed by atoms with Gasteiger partial charge in [-0.3, -0.25) is 9.69 Å². The van der Waals surface area contributed by atoms with Crippen molar-refractivity contribution in [3.63, 3.8) is 0 Å². The number of hydrogen-bond acceptors (Lipinski definition) is 4. The largest absolute Gasteiger partial charge is 0.395 e. The zero-order valence-electron chi connectivity index (χ0n) is 15.5. The molecule has 140 valence electrons. The van der Waals surface area contributed by atoms with E-state index in [1.807, 2.05) is 16.2 Å². The Bertz CT molecular complexity index is 574. The molecular formula is C20H32N2O2S. The molecule has 0 saturated carbocycles. The molecule has 0 radical (unpaired) electrons. The van der Waals surface area contributed by atoms with Gasteiger partial charge in [-0.25, -0.2) is 0 Å². The molecule has 2 aliphatic rings. The number of thiophene rings is 1. The Labute approximate surface area is 155 Å². The smallest absolute Gasteiger partial charge is 0.222 e. The molecule has 1 spiro atoms. The highest BCUT2D eigenvalue weighted by Gasteiger charge is 2.41. The van der Waals surface area contributed by atoms with Gasteiger partial charge in [0.1, 0.15) is 0 Å². The summed E-state index contributed by atoms with van der Waals surface area (Å²) in [7, 11) is 0. The van der Waals surface area contributed by atoms with Gasteiger partial charge in [0.25, 0.3) is 0 Å². The van der Waals surface area contributed by atoms with Gasteiger partial charge in [0.05, 0.1) is 6.61 Å². The zero-order chi connectivity index (χ0) is 17.7. The number of unbranched alkanes of at least 4 members (excludes halogenated alkanes) is 1. The molecule has 4 nitrogen and oxygen atoms in total. The van der Waals surface area contributed by atoms with Crippen LogP contribution in [0.15, 0.2) is 12.1 Å². The van der Waals surface area contributed by atoms with Gasteiger partial charge >= 0.3 is 0 Å². The summed E-state index contributed by atoms with van der Waals surface area (Å²) in [5.41, 5.74) is 0.240. The summed E-state index contributed by atoms with van der Waals surface area (Å²) in [4.78, 5) is 19.5. The molecule has 1 aromatic rings. The summed E-state index contributed by atoms with van der Waals surface area (Å²) in [6.45, 7) is 6.94. The molecule has 2 fully saturated rings. The molecule has 25 heavy (non-hydrogen) atoms. The van der Waals surface area contributed by atoms with Crippen LogP contribution in [0.2, 0.25) is 0 Å². The van der Waals surface area contributed by atoms with Crippen LogP contribution < -0.4 is 0 Å². The fourth-order valence-electron chi connectivity index (χ4n) is 4.42. The minimum Gasteiger partial charge on any atom is -0.395 e. The van der Waals surface area contributed by atoms with Crippen molar-refractivity contribution >= 4 is 17.2 Å². The van der Waals surface area contributed by atoms with Crippen molar-refractivity contribution in [1.82, 2.24) is 9.80 Å². The van der Waals surface area contributed by atoms with E-state index in [-0.39, 0.29) is 17.9 Å². The normalized spacial score (nSPS) is 25.0. The van der Waals surface area contributed by atoms with Gasteiger partial charge in [-0.05, 0) is 50.8 Å². The monoisotopic (exact) mass is 364 g/mol. The Morgan fingerprint density at radius 2 is 2.08 bits per heavy atom. The van der Waals surface area contributed by atoms with Crippen LogP contribution in [0.25, 0.3) is 0 Å². The average molecular weight is 365 g/mol. The van der Waals surface area contributed by atoms with Crippen LogP contribution in [0.5, 0.6) is 0 Å². The molecule has 0 bridgehead atoms. The number of aryl methyl sites for hydroxylation is 1. The Morgan fingerprint density at radius 3 is 2.88 bits per heavy atom. The molecule has 5 heteroatoms. The molecule has 1 unspecified atom stereocenters. The fourth-order valence-corrected chi connectivity index (χ4v) is 5.52. The lowest BCUT2D eigenvalue weighted by Crippen LogP contribution is -2.54. The van der Waals surface area contributed by atoms with Gasteiger partial charge in [0.15, 0.2) is 0 Å². The molecule has 0 aromatic carbocycles. The zero-order valence-corrected chi connectivity index (χ0v) is 16.3. The molecule has 1 N–H and O–H groups in total. The molecule has 2 aliphatic heterocycles. The molecule has 1 atom stereocenters. The second-order valence-electron chi connectivity index (χ2n) is 7.82. The van der Waals surface area contributed by atoms with Crippen LogP contribution in [0.3, 0.4) is 0 Å². The highest BCUT2D eigenvalue weighted by atomic mass is 32.1. The lowest BCUT2D eigenvalue weighted by Gasteiger charge is -2.48. The Balaban J connectivity index is 1.59. The van der Waals surface area contributed by atoms with Crippen LogP contribution in [-0.2, 0) is 17.8 Å². The van der Waals surface area contributed by atoms with E-state index in [9.17, 15) is 9.90 Å². The number of aliphatic hydroxyl groups is 1. The highest BCUT2D eigenvalue weighted by molar-refractivity contribution is 7.11. The Morgan fingerprint density at radius 1 is 1.24 bits per heavy atom. The SMILES string of the molecule is CCCCc1ccc(CN2CCCC3(CCC(=O)N(CCO)C3)C2)s1. The third kappa shape index (κ3) is 4.83. The molecular weight excluding hydrogens is 332 g/mol. The first-order valence-corrected chi connectivity index (χ1v) is 10.6. The number of hydrogen-bond donors (Lipinski definition) is 1. The van der Waals surface area contributed by atoms with E-state index in [4.69, 9.17) is 0 Å². The van der Waals surface area contributed by atoms with Crippen LogP contribution in [0, 0.1) is 5.41 Å². The number of nitrogens with zero attached hydrogens (tertiary/aromatic N) is 2. The minimum absolute atomic E-state index is 0.0707. The summed E-state index contributed by atoms with van der Waals surface area (Å²) < 4.78 is 0. The van der Waals surface area contributed by atoms with Crippen molar-refractivity contribution in [2.75, 3.05) is 32.8 Å². The maximum absolute atomic E-state index is 12.1.